The van der Waals surface area contributed by atoms with Crippen LogP contribution in [0.1, 0.15) is 23.1 Å². The van der Waals surface area contributed by atoms with E-state index in [4.69, 9.17) is 14.5 Å². The van der Waals surface area contributed by atoms with Crippen LogP contribution < -0.4 is 13.8 Å². The Morgan fingerprint density at radius 2 is 1.90 bits per heavy atom. The van der Waals surface area contributed by atoms with Crippen molar-refractivity contribution in [3.63, 3.8) is 0 Å². The Morgan fingerprint density at radius 3 is 2.60 bits per heavy atom. The Bertz CT molecular complexity index is 1190. The predicted molar refractivity (Wildman–Crippen MR) is 120 cm³/mol. The van der Waals surface area contributed by atoms with E-state index in [2.05, 4.69) is 6.07 Å². The standard InChI is InChI=1S/C22H24N2O4S2/c1-14-9-17-12-16(6-7-19(17)24(14)30(4,25)26)18-13-29-22(23-18)11-15-5-8-20(27-2)21(10-15)28-3/h5-8,10,12-14H,9,11H2,1-4H3/t14-/m1/s1. The van der Waals surface area contributed by atoms with Crippen LogP contribution in [0.15, 0.2) is 41.8 Å². The molecule has 0 amide bonds. The lowest BCUT2D eigenvalue weighted by molar-refractivity contribution is 0.354. The van der Waals surface area contributed by atoms with E-state index in [0.717, 1.165) is 33.1 Å². The van der Waals surface area contributed by atoms with Gasteiger partial charge < -0.3 is 9.47 Å². The van der Waals surface area contributed by atoms with Crippen molar-refractivity contribution in [1.82, 2.24) is 4.98 Å². The largest absolute Gasteiger partial charge is 0.493 e. The summed E-state index contributed by atoms with van der Waals surface area (Å²) in [6, 6.07) is 11.7. The molecule has 0 bridgehead atoms. The third-order valence-electron chi connectivity index (χ3n) is 5.24. The lowest BCUT2D eigenvalue weighted by atomic mass is 10.1. The Balaban J connectivity index is 1.58. The average Bonchev–Trinajstić information content (AvgIpc) is 3.30. The number of anilines is 1. The van der Waals surface area contributed by atoms with Gasteiger partial charge >= 0.3 is 0 Å². The van der Waals surface area contributed by atoms with Gasteiger partial charge in [0.2, 0.25) is 10.0 Å². The normalized spacial score (nSPS) is 15.9. The van der Waals surface area contributed by atoms with Crippen molar-refractivity contribution in [3.8, 4) is 22.8 Å². The predicted octanol–water partition coefficient (Wildman–Crippen LogP) is 4.13. The second kappa shape index (κ2) is 7.92. The summed E-state index contributed by atoms with van der Waals surface area (Å²) in [5.41, 5.74) is 4.82. The number of methoxy groups -OCH3 is 2. The molecule has 1 aliphatic heterocycles. The summed E-state index contributed by atoms with van der Waals surface area (Å²) in [5, 5.41) is 3.05. The van der Waals surface area contributed by atoms with Crippen LogP contribution in [0.3, 0.4) is 0 Å². The Morgan fingerprint density at radius 1 is 1.13 bits per heavy atom. The van der Waals surface area contributed by atoms with E-state index < -0.39 is 10.0 Å². The van der Waals surface area contributed by atoms with Crippen LogP contribution in [-0.2, 0) is 22.9 Å². The van der Waals surface area contributed by atoms with E-state index >= 15 is 0 Å². The quantitative estimate of drug-likeness (QED) is 0.572. The highest BCUT2D eigenvalue weighted by atomic mass is 32.2. The van der Waals surface area contributed by atoms with Crippen LogP contribution in [0.2, 0.25) is 0 Å². The number of ether oxygens (including phenoxy) is 2. The molecule has 158 valence electrons. The van der Waals surface area contributed by atoms with Crippen molar-refractivity contribution in [2.45, 2.75) is 25.8 Å². The lowest BCUT2D eigenvalue weighted by Crippen LogP contribution is -2.34. The minimum absolute atomic E-state index is 0.0682. The molecule has 30 heavy (non-hydrogen) atoms. The molecule has 0 fully saturated rings. The fourth-order valence-corrected chi connectivity index (χ4v) is 6.06. The monoisotopic (exact) mass is 444 g/mol. The molecule has 0 aliphatic carbocycles. The zero-order valence-corrected chi connectivity index (χ0v) is 19.0. The number of aromatic nitrogens is 1. The van der Waals surface area contributed by atoms with Crippen molar-refractivity contribution >= 4 is 27.0 Å². The summed E-state index contributed by atoms with van der Waals surface area (Å²) in [6.45, 7) is 1.94. The number of hydrogen-bond donors (Lipinski definition) is 0. The number of benzene rings is 2. The Kier molecular flexibility index (Phi) is 5.46. The molecular weight excluding hydrogens is 420 g/mol. The van der Waals surface area contributed by atoms with Crippen molar-refractivity contribution in [1.29, 1.82) is 0 Å². The molecule has 3 aromatic rings. The van der Waals surface area contributed by atoms with Gasteiger partial charge in [0.25, 0.3) is 0 Å². The van der Waals surface area contributed by atoms with Crippen molar-refractivity contribution < 1.29 is 17.9 Å². The van der Waals surface area contributed by atoms with Crippen LogP contribution in [0.4, 0.5) is 5.69 Å². The third-order valence-corrected chi connectivity index (χ3v) is 7.36. The van der Waals surface area contributed by atoms with E-state index in [-0.39, 0.29) is 6.04 Å². The number of rotatable bonds is 6. The smallest absolute Gasteiger partial charge is 0.232 e. The van der Waals surface area contributed by atoms with E-state index in [9.17, 15) is 8.42 Å². The lowest BCUT2D eigenvalue weighted by Gasteiger charge is -2.21. The maximum absolute atomic E-state index is 12.1. The first-order valence-corrected chi connectivity index (χ1v) is 12.3. The molecule has 1 atom stereocenters. The second-order valence-electron chi connectivity index (χ2n) is 7.45. The molecular formula is C22H24N2O4S2. The van der Waals surface area contributed by atoms with Gasteiger partial charge in [0, 0.05) is 23.4 Å². The van der Waals surface area contributed by atoms with Crippen LogP contribution in [-0.4, -0.2) is 39.9 Å². The van der Waals surface area contributed by atoms with Gasteiger partial charge in [-0.3, -0.25) is 4.31 Å². The molecule has 0 saturated carbocycles. The van der Waals surface area contributed by atoms with Crippen LogP contribution in [0.25, 0.3) is 11.3 Å². The highest BCUT2D eigenvalue weighted by molar-refractivity contribution is 7.92. The van der Waals surface area contributed by atoms with Gasteiger partial charge in [-0.15, -0.1) is 11.3 Å². The van der Waals surface area contributed by atoms with Gasteiger partial charge in [0.15, 0.2) is 11.5 Å². The highest BCUT2D eigenvalue weighted by Gasteiger charge is 2.32. The van der Waals surface area contributed by atoms with E-state index in [1.165, 1.54) is 10.6 Å². The van der Waals surface area contributed by atoms with Crippen molar-refractivity contribution in [2.24, 2.45) is 0 Å². The van der Waals surface area contributed by atoms with Gasteiger partial charge in [0.05, 0.1) is 36.9 Å². The number of sulfonamides is 1. The fourth-order valence-electron chi connectivity index (χ4n) is 3.96. The minimum atomic E-state index is -3.28. The molecule has 0 unspecified atom stereocenters. The van der Waals surface area contributed by atoms with Crippen LogP contribution >= 0.6 is 11.3 Å². The maximum atomic E-state index is 12.1. The number of nitrogens with zero attached hydrogens (tertiary/aromatic N) is 2. The molecule has 8 heteroatoms. The summed E-state index contributed by atoms with van der Waals surface area (Å²) in [6.07, 6.45) is 2.67. The molecule has 2 aromatic carbocycles. The van der Waals surface area contributed by atoms with Crippen LogP contribution in [0, 0.1) is 0 Å². The van der Waals surface area contributed by atoms with E-state index in [0.29, 0.717) is 24.3 Å². The third kappa shape index (κ3) is 3.89. The molecule has 0 spiro atoms. The molecule has 0 saturated heterocycles. The number of fused-ring (bicyclic) bond motifs is 1. The first kappa shape index (κ1) is 20.7. The zero-order chi connectivity index (χ0) is 21.5. The molecule has 1 aromatic heterocycles. The zero-order valence-electron chi connectivity index (χ0n) is 17.4. The summed E-state index contributed by atoms with van der Waals surface area (Å²) >= 11 is 1.61. The molecule has 0 radical (unpaired) electrons. The maximum Gasteiger partial charge on any atom is 0.232 e. The van der Waals surface area contributed by atoms with Crippen molar-refractivity contribution in [3.05, 3.63) is 57.9 Å². The summed E-state index contributed by atoms with van der Waals surface area (Å²) in [4.78, 5) is 4.80. The van der Waals surface area contributed by atoms with E-state index in [1.54, 1.807) is 25.6 Å². The number of hydrogen-bond acceptors (Lipinski definition) is 6. The molecule has 1 aliphatic rings. The molecule has 2 heterocycles. The summed E-state index contributed by atoms with van der Waals surface area (Å²) < 4.78 is 36.4. The van der Waals surface area contributed by atoms with Crippen LogP contribution in [0.5, 0.6) is 11.5 Å². The highest BCUT2D eigenvalue weighted by Crippen LogP contribution is 2.37. The SMILES string of the molecule is COc1ccc(Cc2nc(-c3ccc4c(c3)C[C@@H](C)N4S(C)(=O)=O)cs2)cc1OC. The Hall–Kier alpha value is -2.58. The van der Waals surface area contributed by atoms with Gasteiger partial charge in [-0.05, 0) is 48.7 Å². The Labute approximate surface area is 181 Å². The van der Waals surface area contributed by atoms with Crippen molar-refractivity contribution in [2.75, 3.05) is 24.8 Å². The van der Waals surface area contributed by atoms with Gasteiger partial charge in [-0.25, -0.2) is 13.4 Å². The van der Waals surface area contributed by atoms with Gasteiger partial charge in [0.1, 0.15) is 0 Å². The number of thiazole rings is 1. The first-order valence-electron chi connectivity index (χ1n) is 9.58. The summed E-state index contributed by atoms with van der Waals surface area (Å²) in [5.74, 6) is 1.41. The second-order valence-corrected chi connectivity index (χ2v) is 10.3. The van der Waals surface area contributed by atoms with Gasteiger partial charge in [-0.2, -0.15) is 0 Å². The fraction of sp³-hybridized carbons (Fsp3) is 0.318. The molecule has 4 rings (SSSR count). The molecule has 6 nitrogen and oxygen atoms in total. The summed E-state index contributed by atoms with van der Waals surface area (Å²) in [7, 11) is -0.0335. The topological polar surface area (TPSA) is 68.7 Å². The average molecular weight is 445 g/mol. The molecule has 0 N–H and O–H groups in total. The van der Waals surface area contributed by atoms with E-state index in [1.807, 2.05) is 42.6 Å². The first-order chi connectivity index (χ1) is 14.3. The van der Waals surface area contributed by atoms with Gasteiger partial charge in [-0.1, -0.05) is 12.1 Å². The minimum Gasteiger partial charge on any atom is -0.493 e.